The smallest absolute Gasteiger partial charge is 0.319 e. The predicted molar refractivity (Wildman–Crippen MR) is 115 cm³/mol. The lowest BCUT2D eigenvalue weighted by Crippen LogP contribution is -2.46. The Bertz CT molecular complexity index is 864. The highest BCUT2D eigenvalue weighted by Gasteiger charge is 2.38. The molecule has 31 heavy (non-hydrogen) atoms. The van der Waals surface area contributed by atoms with Gasteiger partial charge in [0, 0.05) is 0 Å². The third kappa shape index (κ3) is 6.59. The van der Waals surface area contributed by atoms with Crippen LogP contribution in [-0.2, 0) is 41.8 Å². The zero-order chi connectivity index (χ0) is 22.1. The molecule has 0 spiro atoms. The molecule has 2 aromatic rings. The summed E-state index contributed by atoms with van der Waals surface area (Å²) in [5.74, 6) is -1.95. The fourth-order valence-electron chi connectivity index (χ4n) is 3.45. The van der Waals surface area contributed by atoms with Crippen molar-refractivity contribution in [2.75, 3.05) is 13.7 Å². The maximum absolute atomic E-state index is 12.1. The molecule has 4 atom stereocenters. The quantitative estimate of drug-likeness (QED) is 0.330. The van der Waals surface area contributed by atoms with Crippen LogP contribution in [0, 0.1) is 5.92 Å². The first-order valence-corrected chi connectivity index (χ1v) is 10.3. The molecule has 0 N–H and O–H groups in total. The molecular formula is C25H28O6. The van der Waals surface area contributed by atoms with E-state index in [1.807, 2.05) is 66.7 Å². The Hall–Kier alpha value is -2.80. The summed E-state index contributed by atoms with van der Waals surface area (Å²) in [6.45, 7) is 2.44. The molecule has 0 aliphatic carbocycles. The first kappa shape index (κ1) is 22.9. The molecule has 6 heteroatoms. The predicted octanol–water partition coefficient (Wildman–Crippen LogP) is 3.49. The van der Waals surface area contributed by atoms with E-state index in [2.05, 4.69) is 0 Å². The molecule has 1 aliphatic heterocycles. The monoisotopic (exact) mass is 424 g/mol. The average molecular weight is 424 g/mol. The van der Waals surface area contributed by atoms with Crippen LogP contribution in [0.2, 0.25) is 0 Å². The third-order valence-corrected chi connectivity index (χ3v) is 5.09. The van der Waals surface area contributed by atoms with Gasteiger partial charge in [-0.1, -0.05) is 72.8 Å². The van der Waals surface area contributed by atoms with Crippen molar-refractivity contribution in [1.82, 2.24) is 0 Å². The van der Waals surface area contributed by atoms with Gasteiger partial charge in [0.1, 0.15) is 23.9 Å². The number of hydrogen-bond acceptors (Lipinski definition) is 6. The van der Waals surface area contributed by atoms with E-state index < -0.39 is 24.1 Å². The highest BCUT2D eigenvalue weighted by Crippen LogP contribution is 2.24. The van der Waals surface area contributed by atoms with E-state index in [4.69, 9.17) is 18.9 Å². The number of Topliss-reactive ketones (excluding diaryl/α,β-unsaturated/α-hetero) is 1. The summed E-state index contributed by atoms with van der Waals surface area (Å²) < 4.78 is 22.9. The van der Waals surface area contributed by atoms with Gasteiger partial charge in [-0.25, -0.2) is 0 Å². The van der Waals surface area contributed by atoms with Gasteiger partial charge in [0.25, 0.3) is 0 Å². The SMILES string of the molecule is COC(=O)C(C(C)=O)[C@@H]1C=C[C@H](OCc2ccccc2)[C@@H](COCc2ccccc2)O1. The second kappa shape index (κ2) is 11.6. The molecule has 0 bridgehead atoms. The second-order valence-corrected chi connectivity index (χ2v) is 7.40. The van der Waals surface area contributed by atoms with Crippen LogP contribution in [0.5, 0.6) is 0 Å². The molecule has 6 nitrogen and oxygen atoms in total. The number of benzene rings is 2. The standard InChI is InChI=1S/C25H28O6/c1-18(26)24(25(27)28-2)22-14-13-21(30-16-20-11-7-4-8-12-20)23(31-22)17-29-15-19-9-5-3-6-10-19/h3-14,21-24H,15-17H2,1-2H3/t21-,22-,23+,24?/m0/s1. The summed E-state index contributed by atoms with van der Waals surface area (Å²) >= 11 is 0. The molecular weight excluding hydrogens is 396 g/mol. The second-order valence-electron chi connectivity index (χ2n) is 7.40. The van der Waals surface area contributed by atoms with Crippen molar-refractivity contribution < 1.29 is 28.5 Å². The van der Waals surface area contributed by atoms with Crippen molar-refractivity contribution in [2.24, 2.45) is 5.92 Å². The zero-order valence-electron chi connectivity index (χ0n) is 17.8. The van der Waals surface area contributed by atoms with Gasteiger partial charge in [-0.15, -0.1) is 0 Å². The zero-order valence-corrected chi connectivity index (χ0v) is 17.8. The summed E-state index contributed by atoms with van der Waals surface area (Å²) in [4.78, 5) is 24.2. The molecule has 0 saturated carbocycles. The van der Waals surface area contributed by atoms with Gasteiger partial charge in [-0.3, -0.25) is 9.59 Å². The van der Waals surface area contributed by atoms with Gasteiger partial charge >= 0.3 is 5.97 Å². The molecule has 3 rings (SSSR count). The Morgan fingerprint density at radius 2 is 1.55 bits per heavy atom. The fraction of sp³-hybridized carbons (Fsp3) is 0.360. The molecule has 1 heterocycles. The Kier molecular flexibility index (Phi) is 8.53. The van der Waals surface area contributed by atoms with E-state index in [0.717, 1.165) is 11.1 Å². The molecule has 0 radical (unpaired) electrons. The molecule has 0 amide bonds. The van der Waals surface area contributed by atoms with Crippen LogP contribution in [0.4, 0.5) is 0 Å². The normalized spacial score (nSPS) is 21.4. The summed E-state index contributed by atoms with van der Waals surface area (Å²) in [6.07, 6.45) is 1.96. The molecule has 0 aromatic heterocycles. The maximum atomic E-state index is 12.1. The molecule has 1 unspecified atom stereocenters. The number of carbonyl (C=O) groups excluding carboxylic acids is 2. The number of hydrogen-bond donors (Lipinski definition) is 0. The van der Waals surface area contributed by atoms with Crippen LogP contribution in [0.25, 0.3) is 0 Å². The van der Waals surface area contributed by atoms with Gasteiger partial charge in [0.05, 0.1) is 33.0 Å². The molecule has 1 aliphatic rings. The van der Waals surface area contributed by atoms with Crippen molar-refractivity contribution >= 4 is 11.8 Å². The van der Waals surface area contributed by atoms with Gasteiger partial charge in [0.2, 0.25) is 0 Å². The van der Waals surface area contributed by atoms with E-state index in [-0.39, 0.29) is 18.5 Å². The number of rotatable bonds is 10. The highest BCUT2D eigenvalue weighted by molar-refractivity contribution is 5.98. The van der Waals surface area contributed by atoms with E-state index in [9.17, 15) is 9.59 Å². The highest BCUT2D eigenvalue weighted by atomic mass is 16.6. The number of ether oxygens (including phenoxy) is 4. The fourth-order valence-corrected chi connectivity index (χ4v) is 3.45. The van der Waals surface area contributed by atoms with Gasteiger partial charge < -0.3 is 18.9 Å². The minimum absolute atomic E-state index is 0.251. The number of carbonyl (C=O) groups is 2. The molecule has 0 saturated heterocycles. The Morgan fingerprint density at radius 1 is 0.935 bits per heavy atom. The first-order valence-electron chi connectivity index (χ1n) is 10.3. The summed E-state index contributed by atoms with van der Waals surface area (Å²) in [5.41, 5.74) is 2.08. The number of ketones is 1. The minimum Gasteiger partial charge on any atom is -0.468 e. The molecule has 164 valence electrons. The topological polar surface area (TPSA) is 71.1 Å². The summed E-state index contributed by atoms with van der Waals surface area (Å²) in [5, 5.41) is 0. The van der Waals surface area contributed by atoms with Crippen LogP contribution in [0.1, 0.15) is 18.1 Å². The van der Waals surface area contributed by atoms with Gasteiger partial charge in [0.15, 0.2) is 0 Å². The minimum atomic E-state index is -1.02. The van der Waals surface area contributed by atoms with Crippen LogP contribution >= 0.6 is 0 Å². The number of methoxy groups -OCH3 is 1. The molecule has 0 fully saturated rings. The Morgan fingerprint density at radius 3 is 2.13 bits per heavy atom. The van der Waals surface area contributed by atoms with Crippen LogP contribution in [0.15, 0.2) is 72.8 Å². The van der Waals surface area contributed by atoms with Crippen molar-refractivity contribution in [3.8, 4) is 0 Å². The van der Waals surface area contributed by atoms with Crippen LogP contribution in [-0.4, -0.2) is 43.8 Å². The summed E-state index contributed by atoms with van der Waals surface area (Å²) in [7, 11) is 1.26. The number of esters is 1. The van der Waals surface area contributed by atoms with Crippen molar-refractivity contribution in [2.45, 2.75) is 38.4 Å². The van der Waals surface area contributed by atoms with Crippen molar-refractivity contribution in [3.63, 3.8) is 0 Å². The van der Waals surface area contributed by atoms with E-state index in [1.54, 1.807) is 6.08 Å². The lowest BCUT2D eigenvalue weighted by atomic mass is 9.94. The largest absolute Gasteiger partial charge is 0.468 e. The van der Waals surface area contributed by atoms with E-state index >= 15 is 0 Å². The Balaban J connectivity index is 1.69. The van der Waals surface area contributed by atoms with Crippen molar-refractivity contribution in [3.05, 3.63) is 83.9 Å². The molecule has 2 aromatic carbocycles. The van der Waals surface area contributed by atoms with Crippen LogP contribution < -0.4 is 0 Å². The van der Waals surface area contributed by atoms with Crippen LogP contribution in [0.3, 0.4) is 0 Å². The third-order valence-electron chi connectivity index (χ3n) is 5.09. The summed E-state index contributed by atoms with van der Waals surface area (Å²) in [6, 6.07) is 19.7. The lowest BCUT2D eigenvalue weighted by Gasteiger charge is -2.34. The van der Waals surface area contributed by atoms with E-state index in [1.165, 1.54) is 14.0 Å². The Labute approximate surface area is 182 Å². The van der Waals surface area contributed by atoms with E-state index in [0.29, 0.717) is 13.2 Å². The first-order chi connectivity index (χ1) is 15.1. The lowest BCUT2D eigenvalue weighted by molar-refractivity contribution is -0.164. The maximum Gasteiger partial charge on any atom is 0.319 e. The van der Waals surface area contributed by atoms with Gasteiger partial charge in [-0.2, -0.15) is 0 Å². The van der Waals surface area contributed by atoms with Crippen molar-refractivity contribution in [1.29, 1.82) is 0 Å². The van der Waals surface area contributed by atoms with Gasteiger partial charge in [-0.05, 0) is 18.1 Å². The average Bonchev–Trinajstić information content (AvgIpc) is 2.79.